The standard InChI is InChI=1S/C19H28O3/c1-18(2)19(3,4)22-17(21-18)16-7-5-14(6-8-16)13-15-9-11-20-12-10-15/h5-8,15,17H,9-13H2,1-4H3. The zero-order chi connectivity index (χ0) is 15.8. The van der Waals surface area contributed by atoms with E-state index in [1.807, 2.05) is 0 Å². The highest BCUT2D eigenvalue weighted by Gasteiger charge is 2.49. The van der Waals surface area contributed by atoms with Crippen molar-refractivity contribution in [3.05, 3.63) is 35.4 Å². The Morgan fingerprint density at radius 3 is 2.00 bits per heavy atom. The lowest BCUT2D eigenvalue weighted by molar-refractivity contribution is -0.0895. The van der Waals surface area contributed by atoms with Crippen LogP contribution in [0.1, 0.15) is 58.0 Å². The van der Waals surface area contributed by atoms with Crippen LogP contribution < -0.4 is 0 Å². The maximum atomic E-state index is 6.10. The second kappa shape index (κ2) is 5.95. The van der Waals surface area contributed by atoms with E-state index in [9.17, 15) is 0 Å². The van der Waals surface area contributed by atoms with E-state index in [0.717, 1.165) is 31.1 Å². The maximum Gasteiger partial charge on any atom is 0.185 e. The lowest BCUT2D eigenvalue weighted by Gasteiger charge is -2.30. The molecule has 2 aliphatic heterocycles. The van der Waals surface area contributed by atoms with Crippen molar-refractivity contribution in [3.63, 3.8) is 0 Å². The van der Waals surface area contributed by atoms with Crippen molar-refractivity contribution in [2.45, 2.75) is 64.4 Å². The topological polar surface area (TPSA) is 27.7 Å². The van der Waals surface area contributed by atoms with Crippen molar-refractivity contribution in [2.24, 2.45) is 5.92 Å². The van der Waals surface area contributed by atoms with E-state index in [4.69, 9.17) is 14.2 Å². The highest BCUT2D eigenvalue weighted by atomic mass is 16.7. The summed E-state index contributed by atoms with van der Waals surface area (Å²) in [7, 11) is 0. The van der Waals surface area contributed by atoms with Crippen LogP contribution in [-0.4, -0.2) is 24.4 Å². The van der Waals surface area contributed by atoms with E-state index in [2.05, 4.69) is 52.0 Å². The molecule has 0 spiro atoms. The summed E-state index contributed by atoms with van der Waals surface area (Å²) in [6.07, 6.45) is 3.24. The first-order chi connectivity index (χ1) is 10.4. The van der Waals surface area contributed by atoms with Gasteiger partial charge in [0.1, 0.15) is 0 Å². The second-order valence-electron chi connectivity index (χ2n) is 7.59. The molecule has 122 valence electrons. The summed E-state index contributed by atoms with van der Waals surface area (Å²) >= 11 is 0. The van der Waals surface area contributed by atoms with Crippen LogP contribution in [0.4, 0.5) is 0 Å². The number of benzene rings is 1. The molecule has 1 aromatic rings. The Morgan fingerprint density at radius 1 is 0.909 bits per heavy atom. The average Bonchev–Trinajstić information content (AvgIpc) is 2.69. The van der Waals surface area contributed by atoms with Crippen LogP contribution in [0, 0.1) is 5.92 Å². The Balaban J connectivity index is 1.65. The van der Waals surface area contributed by atoms with Gasteiger partial charge in [-0.25, -0.2) is 0 Å². The average molecular weight is 304 g/mol. The van der Waals surface area contributed by atoms with Crippen LogP contribution >= 0.6 is 0 Å². The predicted molar refractivity (Wildman–Crippen MR) is 86.8 cm³/mol. The summed E-state index contributed by atoms with van der Waals surface area (Å²) < 4.78 is 17.6. The fourth-order valence-electron chi connectivity index (χ4n) is 3.07. The van der Waals surface area contributed by atoms with Crippen molar-refractivity contribution in [2.75, 3.05) is 13.2 Å². The van der Waals surface area contributed by atoms with Gasteiger partial charge in [-0.15, -0.1) is 0 Å². The summed E-state index contributed by atoms with van der Waals surface area (Å²) in [6, 6.07) is 8.74. The van der Waals surface area contributed by atoms with Crippen LogP contribution in [0.3, 0.4) is 0 Å². The number of rotatable bonds is 3. The lowest BCUT2D eigenvalue weighted by atomic mass is 9.90. The van der Waals surface area contributed by atoms with Crippen molar-refractivity contribution in [1.82, 2.24) is 0 Å². The monoisotopic (exact) mass is 304 g/mol. The Morgan fingerprint density at radius 2 is 1.45 bits per heavy atom. The molecule has 2 fully saturated rings. The number of hydrogen-bond donors (Lipinski definition) is 0. The normalized spacial score (nSPS) is 25.5. The fourth-order valence-corrected chi connectivity index (χ4v) is 3.07. The third-order valence-corrected chi connectivity index (χ3v) is 5.37. The molecule has 0 radical (unpaired) electrons. The molecule has 0 saturated carbocycles. The van der Waals surface area contributed by atoms with Gasteiger partial charge in [0.2, 0.25) is 0 Å². The molecule has 22 heavy (non-hydrogen) atoms. The van der Waals surface area contributed by atoms with Gasteiger partial charge < -0.3 is 14.2 Å². The minimum Gasteiger partial charge on any atom is -0.381 e. The molecule has 3 rings (SSSR count). The molecular weight excluding hydrogens is 276 g/mol. The Bertz CT molecular complexity index is 482. The SMILES string of the molecule is CC1(C)OC(c2ccc(CC3CCOCC3)cc2)OC1(C)C. The zero-order valence-corrected chi connectivity index (χ0v) is 14.2. The molecule has 2 heterocycles. The number of ether oxygens (including phenoxy) is 3. The molecule has 0 amide bonds. The Labute approximate surface area is 134 Å². The van der Waals surface area contributed by atoms with E-state index < -0.39 is 0 Å². The summed E-state index contributed by atoms with van der Waals surface area (Å²) in [5, 5.41) is 0. The number of hydrogen-bond acceptors (Lipinski definition) is 3. The van der Waals surface area contributed by atoms with Gasteiger partial charge in [-0.2, -0.15) is 0 Å². The molecule has 0 bridgehead atoms. The molecule has 1 aromatic carbocycles. The molecule has 0 aromatic heterocycles. The van der Waals surface area contributed by atoms with Crippen LogP contribution in [0.2, 0.25) is 0 Å². The van der Waals surface area contributed by atoms with E-state index >= 15 is 0 Å². The highest BCUT2D eigenvalue weighted by Crippen LogP contribution is 2.44. The highest BCUT2D eigenvalue weighted by molar-refractivity contribution is 5.25. The molecule has 0 unspecified atom stereocenters. The summed E-state index contributed by atoms with van der Waals surface area (Å²) in [6.45, 7) is 10.2. The van der Waals surface area contributed by atoms with Gasteiger partial charge in [-0.1, -0.05) is 24.3 Å². The van der Waals surface area contributed by atoms with Gasteiger partial charge in [0.05, 0.1) is 11.2 Å². The molecule has 3 heteroatoms. The molecule has 0 aliphatic carbocycles. The molecule has 0 N–H and O–H groups in total. The van der Waals surface area contributed by atoms with Crippen LogP contribution in [0.25, 0.3) is 0 Å². The molecule has 0 atom stereocenters. The molecule has 3 nitrogen and oxygen atoms in total. The third-order valence-electron chi connectivity index (χ3n) is 5.37. The first kappa shape index (κ1) is 16.0. The molecule has 2 saturated heterocycles. The minimum atomic E-state index is -0.279. The van der Waals surface area contributed by atoms with E-state index in [1.165, 1.54) is 18.4 Å². The van der Waals surface area contributed by atoms with Crippen molar-refractivity contribution in [3.8, 4) is 0 Å². The quantitative estimate of drug-likeness (QED) is 0.835. The van der Waals surface area contributed by atoms with Gasteiger partial charge in [0.15, 0.2) is 6.29 Å². The van der Waals surface area contributed by atoms with Crippen molar-refractivity contribution >= 4 is 0 Å². The smallest absolute Gasteiger partial charge is 0.185 e. The summed E-state index contributed by atoms with van der Waals surface area (Å²) in [4.78, 5) is 0. The van der Waals surface area contributed by atoms with Crippen molar-refractivity contribution in [1.29, 1.82) is 0 Å². The minimum absolute atomic E-state index is 0.262. The second-order valence-corrected chi connectivity index (χ2v) is 7.59. The van der Waals surface area contributed by atoms with Crippen LogP contribution in [0.5, 0.6) is 0 Å². The molecular formula is C19H28O3. The van der Waals surface area contributed by atoms with Gasteiger partial charge in [0, 0.05) is 18.8 Å². The van der Waals surface area contributed by atoms with Crippen LogP contribution in [-0.2, 0) is 20.6 Å². The summed E-state index contributed by atoms with van der Waals surface area (Å²) in [5.74, 6) is 0.761. The third kappa shape index (κ3) is 3.22. The van der Waals surface area contributed by atoms with Gasteiger partial charge in [-0.3, -0.25) is 0 Å². The maximum absolute atomic E-state index is 6.10. The molecule has 2 aliphatic rings. The van der Waals surface area contributed by atoms with Gasteiger partial charge in [0.25, 0.3) is 0 Å². The van der Waals surface area contributed by atoms with Crippen molar-refractivity contribution < 1.29 is 14.2 Å². The fraction of sp³-hybridized carbons (Fsp3) is 0.684. The Hall–Kier alpha value is -0.900. The van der Waals surface area contributed by atoms with E-state index in [-0.39, 0.29) is 17.5 Å². The van der Waals surface area contributed by atoms with Gasteiger partial charge in [-0.05, 0) is 58.4 Å². The summed E-state index contributed by atoms with van der Waals surface area (Å²) in [5.41, 5.74) is 1.94. The lowest BCUT2D eigenvalue weighted by Crippen LogP contribution is -2.41. The first-order valence-corrected chi connectivity index (χ1v) is 8.40. The largest absolute Gasteiger partial charge is 0.381 e. The van der Waals surface area contributed by atoms with Crippen LogP contribution in [0.15, 0.2) is 24.3 Å². The zero-order valence-electron chi connectivity index (χ0n) is 14.2. The van der Waals surface area contributed by atoms with E-state index in [0.29, 0.717) is 0 Å². The Kier molecular flexibility index (Phi) is 4.32. The first-order valence-electron chi connectivity index (χ1n) is 8.40. The van der Waals surface area contributed by atoms with Gasteiger partial charge >= 0.3 is 0 Å². The predicted octanol–water partition coefficient (Wildman–Crippen LogP) is 4.26. The van der Waals surface area contributed by atoms with E-state index in [1.54, 1.807) is 0 Å².